The smallest absolute Gasteiger partial charge is 0.0809 e. The maximum Gasteiger partial charge on any atom is 0.0809 e. The molecule has 0 N–H and O–H groups in total. The van der Waals surface area contributed by atoms with Crippen molar-refractivity contribution in [2.24, 2.45) is 0 Å². The summed E-state index contributed by atoms with van der Waals surface area (Å²) in [6, 6.07) is 28.9. The maximum atomic E-state index is 6.44. The summed E-state index contributed by atoms with van der Waals surface area (Å²) in [5.41, 5.74) is 4.96. The van der Waals surface area contributed by atoms with Gasteiger partial charge >= 0.3 is 0 Å². The van der Waals surface area contributed by atoms with E-state index in [1.165, 1.54) is 11.1 Å². The van der Waals surface area contributed by atoms with Crippen LogP contribution in [-0.2, 0) is 0 Å². The largest absolute Gasteiger partial charge is 0.0819 e. The van der Waals surface area contributed by atoms with Crippen LogP contribution < -0.4 is 0 Å². The number of benzene rings is 4. The van der Waals surface area contributed by atoms with Crippen LogP contribution in [0.3, 0.4) is 0 Å². The Morgan fingerprint density at radius 1 is 0.400 bits per heavy atom. The number of rotatable bonds is 4. The molecule has 0 atom stereocenters. The molecule has 0 unspecified atom stereocenters. The average molecular weight is 493 g/mol. The highest BCUT2D eigenvalue weighted by atomic mass is 35.5. The highest BCUT2D eigenvalue weighted by molar-refractivity contribution is 6.56. The zero-order valence-electron chi connectivity index (χ0n) is 15.6. The molecular weight excluding hydrogens is 478 g/mol. The Morgan fingerprint density at radius 3 is 1.20 bits per heavy atom. The molecule has 0 spiro atoms. The highest BCUT2D eigenvalue weighted by Crippen LogP contribution is 2.48. The van der Waals surface area contributed by atoms with Crippen LogP contribution in [0.2, 0.25) is 25.1 Å². The van der Waals surface area contributed by atoms with Gasteiger partial charge in [0.25, 0.3) is 0 Å². The third-order valence-electron chi connectivity index (χ3n) is 5.01. The molecule has 0 saturated heterocycles. The van der Waals surface area contributed by atoms with Crippen LogP contribution in [-0.4, -0.2) is 0 Å². The maximum absolute atomic E-state index is 6.44. The van der Waals surface area contributed by atoms with Crippen LogP contribution in [0.5, 0.6) is 0 Å². The van der Waals surface area contributed by atoms with Crippen LogP contribution in [0.4, 0.5) is 0 Å². The quantitative estimate of drug-likeness (QED) is 0.151. The molecule has 0 radical (unpaired) electrons. The summed E-state index contributed by atoms with van der Waals surface area (Å²) in [7, 11) is 0. The van der Waals surface area contributed by atoms with Crippen LogP contribution in [0.25, 0.3) is 11.1 Å². The highest BCUT2D eigenvalue weighted by Gasteiger charge is 2.21. The van der Waals surface area contributed by atoms with E-state index in [2.05, 4.69) is 60.7 Å². The average Bonchev–Trinajstić information content (AvgIpc) is 2.79. The molecule has 4 aromatic carbocycles. The standard InChI is InChI=1S/C25H15Cl5/c26-21-20(22(27)24(29)25(30)23(21)28)18-13-11-17(12-14-18)19(15-7-3-1-4-8-15)16-9-5-2-6-10-16/h1-14,19H. The Labute approximate surface area is 200 Å². The Balaban J connectivity index is 1.81. The summed E-state index contributed by atoms with van der Waals surface area (Å²) >= 11 is 31.5. The lowest BCUT2D eigenvalue weighted by molar-refractivity contribution is 0.978. The summed E-state index contributed by atoms with van der Waals surface area (Å²) in [6.45, 7) is 0. The fourth-order valence-electron chi connectivity index (χ4n) is 3.57. The van der Waals surface area contributed by atoms with Crippen molar-refractivity contribution < 1.29 is 0 Å². The predicted molar refractivity (Wildman–Crippen MR) is 131 cm³/mol. The van der Waals surface area contributed by atoms with E-state index in [9.17, 15) is 0 Å². The molecule has 0 aliphatic rings. The van der Waals surface area contributed by atoms with E-state index in [0.717, 1.165) is 11.1 Å². The molecule has 0 aliphatic heterocycles. The minimum Gasteiger partial charge on any atom is -0.0819 e. The summed E-state index contributed by atoms with van der Waals surface area (Å²) in [6.07, 6.45) is 0. The van der Waals surface area contributed by atoms with Gasteiger partial charge in [0.2, 0.25) is 0 Å². The first kappa shape index (κ1) is 21.6. The van der Waals surface area contributed by atoms with Gasteiger partial charge in [-0.2, -0.15) is 0 Å². The van der Waals surface area contributed by atoms with Crippen molar-refractivity contribution in [1.29, 1.82) is 0 Å². The van der Waals surface area contributed by atoms with Crippen molar-refractivity contribution in [2.75, 3.05) is 0 Å². The fourth-order valence-corrected chi connectivity index (χ4v) is 4.93. The van der Waals surface area contributed by atoms with Gasteiger partial charge in [-0.3, -0.25) is 0 Å². The van der Waals surface area contributed by atoms with Crippen molar-refractivity contribution in [3.05, 3.63) is 127 Å². The number of hydrogen-bond donors (Lipinski definition) is 0. The van der Waals surface area contributed by atoms with Gasteiger partial charge in [-0.15, -0.1) is 0 Å². The van der Waals surface area contributed by atoms with Gasteiger partial charge in [0.15, 0.2) is 0 Å². The lowest BCUT2D eigenvalue weighted by Crippen LogP contribution is -2.03. The van der Waals surface area contributed by atoms with E-state index in [-0.39, 0.29) is 31.0 Å². The van der Waals surface area contributed by atoms with Crippen LogP contribution in [0.15, 0.2) is 84.9 Å². The lowest BCUT2D eigenvalue weighted by Gasteiger charge is -2.20. The summed E-state index contributed by atoms with van der Waals surface area (Å²) in [5.74, 6) is 0.102. The van der Waals surface area contributed by atoms with Crippen molar-refractivity contribution in [3.8, 4) is 11.1 Å². The second-order valence-corrected chi connectivity index (χ2v) is 8.71. The molecule has 0 bridgehead atoms. The molecule has 0 nitrogen and oxygen atoms in total. The number of halogens is 5. The van der Waals surface area contributed by atoms with Gasteiger partial charge < -0.3 is 0 Å². The predicted octanol–water partition coefficient (Wildman–Crippen LogP) is 9.80. The van der Waals surface area contributed by atoms with E-state index in [0.29, 0.717) is 5.56 Å². The number of hydrogen-bond acceptors (Lipinski definition) is 0. The first-order chi connectivity index (χ1) is 14.5. The molecular formula is C25H15Cl5. The first-order valence-corrected chi connectivity index (χ1v) is 11.1. The zero-order valence-corrected chi connectivity index (χ0v) is 19.3. The molecule has 0 fully saturated rings. The Hall–Kier alpha value is -1.67. The van der Waals surface area contributed by atoms with Gasteiger partial charge in [-0.05, 0) is 22.3 Å². The molecule has 0 aromatic heterocycles. The van der Waals surface area contributed by atoms with Crippen LogP contribution >= 0.6 is 58.0 Å². The van der Waals surface area contributed by atoms with Crippen molar-refractivity contribution in [3.63, 3.8) is 0 Å². The third-order valence-corrected chi connectivity index (χ3v) is 7.29. The molecule has 0 amide bonds. The Kier molecular flexibility index (Phi) is 6.63. The second kappa shape index (κ2) is 9.22. The topological polar surface area (TPSA) is 0 Å². The van der Waals surface area contributed by atoms with Gasteiger partial charge in [0.05, 0.1) is 25.1 Å². The molecule has 0 heterocycles. The molecule has 5 heteroatoms. The molecule has 4 aromatic rings. The molecule has 30 heavy (non-hydrogen) atoms. The zero-order chi connectivity index (χ0) is 21.3. The monoisotopic (exact) mass is 490 g/mol. The van der Waals surface area contributed by atoms with Crippen LogP contribution in [0, 0.1) is 0 Å². The van der Waals surface area contributed by atoms with Crippen molar-refractivity contribution in [2.45, 2.75) is 5.92 Å². The fraction of sp³-hybridized carbons (Fsp3) is 0.0400. The van der Waals surface area contributed by atoms with E-state index in [4.69, 9.17) is 58.0 Å². The Bertz CT molecular complexity index is 1100. The van der Waals surface area contributed by atoms with Crippen molar-refractivity contribution in [1.82, 2.24) is 0 Å². The van der Waals surface area contributed by atoms with Gasteiger partial charge in [0.1, 0.15) is 0 Å². The second-order valence-electron chi connectivity index (χ2n) is 6.82. The van der Waals surface area contributed by atoms with Crippen molar-refractivity contribution >= 4 is 58.0 Å². The molecule has 0 saturated carbocycles. The lowest BCUT2D eigenvalue weighted by atomic mass is 9.84. The minimum atomic E-state index is 0.102. The van der Waals surface area contributed by atoms with Gasteiger partial charge in [-0.25, -0.2) is 0 Å². The first-order valence-electron chi connectivity index (χ1n) is 9.20. The SMILES string of the molecule is Clc1c(Cl)c(Cl)c(-c2ccc(C(c3ccccc3)c3ccccc3)cc2)c(Cl)c1Cl. The molecule has 150 valence electrons. The molecule has 4 rings (SSSR count). The van der Waals surface area contributed by atoms with E-state index < -0.39 is 0 Å². The van der Waals surface area contributed by atoms with E-state index >= 15 is 0 Å². The summed E-state index contributed by atoms with van der Waals surface area (Å²) in [4.78, 5) is 0. The molecule has 0 aliphatic carbocycles. The van der Waals surface area contributed by atoms with E-state index in [1.54, 1.807) is 0 Å². The van der Waals surface area contributed by atoms with Gasteiger partial charge in [0, 0.05) is 11.5 Å². The normalized spacial score (nSPS) is 11.1. The Morgan fingerprint density at radius 2 is 0.767 bits per heavy atom. The third kappa shape index (κ3) is 4.08. The summed E-state index contributed by atoms with van der Waals surface area (Å²) < 4.78 is 0. The van der Waals surface area contributed by atoms with E-state index in [1.807, 2.05) is 24.3 Å². The summed E-state index contributed by atoms with van der Waals surface area (Å²) in [5, 5.41) is 1.11. The van der Waals surface area contributed by atoms with Gasteiger partial charge in [-0.1, -0.05) is 143 Å². The van der Waals surface area contributed by atoms with Crippen LogP contribution in [0.1, 0.15) is 22.6 Å². The minimum absolute atomic E-state index is 0.102.